The molecule has 2 atom stereocenters. The van der Waals surface area contributed by atoms with Crippen molar-refractivity contribution in [2.45, 2.75) is 25.2 Å². The van der Waals surface area contributed by atoms with Gasteiger partial charge in [-0.05, 0) is 25.0 Å². The molecule has 1 saturated carbocycles. The molecule has 0 amide bonds. The fourth-order valence-electron chi connectivity index (χ4n) is 3.18. The minimum atomic E-state index is -0.318. The van der Waals surface area contributed by atoms with Crippen LogP contribution < -0.4 is 9.47 Å². The Morgan fingerprint density at radius 1 is 1.12 bits per heavy atom. The molecule has 0 aromatic heterocycles. The lowest BCUT2D eigenvalue weighted by molar-refractivity contribution is -0.143. The number of hydrogen-bond donors (Lipinski definition) is 1. The predicted molar refractivity (Wildman–Crippen MR) is 95.0 cm³/mol. The molecule has 0 heterocycles. The highest BCUT2D eigenvalue weighted by Crippen LogP contribution is 2.47. The zero-order valence-corrected chi connectivity index (χ0v) is 14.5. The van der Waals surface area contributed by atoms with Crippen LogP contribution >= 0.6 is 0 Å². The molecule has 26 heavy (non-hydrogen) atoms. The Bertz CT molecular complexity index is 613. The predicted octanol–water partition coefficient (Wildman–Crippen LogP) is 3.71. The number of nitrogens with one attached hydrogen (secondary N) is 1. The normalized spacial score (nSPS) is 18.5. The first-order valence-electron chi connectivity index (χ1n) is 8.25. The molecule has 0 aliphatic heterocycles. The van der Waals surface area contributed by atoms with Gasteiger partial charge in [0.15, 0.2) is 6.40 Å². The van der Waals surface area contributed by atoms with Crippen LogP contribution in [-0.4, -0.2) is 26.0 Å². The summed E-state index contributed by atoms with van der Waals surface area (Å²) in [5.41, 5.74) is 0.761. The van der Waals surface area contributed by atoms with Crippen molar-refractivity contribution in [3.05, 3.63) is 49.4 Å². The summed E-state index contributed by atoms with van der Waals surface area (Å²) in [6, 6.07) is 5.34. The van der Waals surface area contributed by atoms with E-state index in [0.29, 0.717) is 17.9 Å². The molecule has 1 fully saturated rings. The Morgan fingerprint density at radius 2 is 1.81 bits per heavy atom. The van der Waals surface area contributed by atoms with Gasteiger partial charge in [0.2, 0.25) is 13.6 Å². The molecule has 0 spiro atoms. The van der Waals surface area contributed by atoms with E-state index < -0.39 is 0 Å². The highest BCUT2D eigenvalue weighted by molar-refractivity contribution is 5.75. The average Bonchev–Trinajstić information content (AvgIpc) is 3.12. The first kappa shape index (κ1) is 19.4. The Morgan fingerprint density at radius 3 is 2.42 bits per heavy atom. The lowest BCUT2D eigenvalue weighted by Crippen LogP contribution is -2.20. The van der Waals surface area contributed by atoms with E-state index in [-0.39, 0.29) is 31.4 Å². The maximum atomic E-state index is 12.3. The summed E-state index contributed by atoms with van der Waals surface area (Å²) in [6.07, 6.45) is 5.63. The zero-order valence-electron chi connectivity index (χ0n) is 14.5. The maximum absolute atomic E-state index is 12.3. The minimum Gasteiger partial charge on any atom is -0.466 e. The molecule has 2 rings (SSSR count). The van der Waals surface area contributed by atoms with Crippen LogP contribution in [0.2, 0.25) is 0 Å². The lowest BCUT2D eigenvalue weighted by Gasteiger charge is -2.23. The van der Waals surface area contributed by atoms with Gasteiger partial charge in [-0.25, -0.2) is 0 Å². The molecule has 1 aromatic rings. The average molecular weight is 361 g/mol. The van der Waals surface area contributed by atoms with Crippen molar-refractivity contribution < 1.29 is 28.5 Å². The monoisotopic (exact) mass is 361 g/mol. The van der Waals surface area contributed by atoms with Crippen LogP contribution in [0.4, 0.5) is 0 Å². The van der Waals surface area contributed by atoms with Crippen molar-refractivity contribution >= 4 is 12.4 Å². The number of rotatable bonds is 11. The summed E-state index contributed by atoms with van der Waals surface area (Å²) in [4.78, 5) is 12.3. The third-order valence-electron chi connectivity index (χ3n) is 4.18. The molecule has 140 valence electrons. The van der Waals surface area contributed by atoms with Crippen molar-refractivity contribution in [3.63, 3.8) is 0 Å². The number of esters is 1. The molecule has 7 nitrogen and oxygen atoms in total. The minimum absolute atomic E-state index is 0.00849. The SMILES string of the molecule is C=COCOc1cccc(OCOC=N)c1[C@@H]1CCC[C@@H]1C(=O)OC=C. The van der Waals surface area contributed by atoms with Crippen LogP contribution in [0.15, 0.2) is 43.9 Å². The number of benzene rings is 1. The summed E-state index contributed by atoms with van der Waals surface area (Å²) < 4.78 is 26.2. The van der Waals surface area contributed by atoms with Crippen molar-refractivity contribution in [3.8, 4) is 11.5 Å². The van der Waals surface area contributed by atoms with Crippen molar-refractivity contribution in [1.82, 2.24) is 0 Å². The standard InChI is InChI=1S/C19H23NO6/c1-3-22-12-25-16-9-6-10-17(26-13-23-11-20)18(16)14-7-5-8-15(14)19(21)24-4-2/h3-4,6,9-11,14-15,20H,1-2,5,7-8,12-13H2/t14-,15+/m1/s1. The van der Waals surface area contributed by atoms with E-state index in [2.05, 4.69) is 13.2 Å². The van der Waals surface area contributed by atoms with Gasteiger partial charge < -0.3 is 23.7 Å². The quantitative estimate of drug-likeness (QED) is 0.161. The van der Waals surface area contributed by atoms with Gasteiger partial charge in [0.05, 0.1) is 18.4 Å². The molecule has 1 aromatic carbocycles. The van der Waals surface area contributed by atoms with E-state index in [1.807, 2.05) is 0 Å². The van der Waals surface area contributed by atoms with Crippen LogP contribution in [0, 0.1) is 11.3 Å². The molecule has 0 saturated heterocycles. The lowest BCUT2D eigenvalue weighted by atomic mass is 9.87. The van der Waals surface area contributed by atoms with Gasteiger partial charge in [0.25, 0.3) is 0 Å². The van der Waals surface area contributed by atoms with E-state index in [1.165, 1.54) is 6.26 Å². The Kier molecular flexibility index (Phi) is 7.54. The fraction of sp³-hybridized carbons (Fsp3) is 0.368. The van der Waals surface area contributed by atoms with Crippen molar-refractivity contribution in [2.24, 2.45) is 5.92 Å². The van der Waals surface area contributed by atoms with E-state index in [4.69, 9.17) is 29.1 Å². The molecule has 7 heteroatoms. The summed E-state index contributed by atoms with van der Waals surface area (Å²) in [7, 11) is 0. The van der Waals surface area contributed by atoms with Crippen LogP contribution in [-0.2, 0) is 19.0 Å². The van der Waals surface area contributed by atoms with E-state index in [9.17, 15) is 4.79 Å². The van der Waals surface area contributed by atoms with E-state index in [1.54, 1.807) is 18.2 Å². The molecule has 1 aliphatic carbocycles. The summed E-state index contributed by atoms with van der Waals surface area (Å²) in [5.74, 6) is 0.330. The van der Waals surface area contributed by atoms with Gasteiger partial charge >= 0.3 is 5.97 Å². The van der Waals surface area contributed by atoms with Crippen LogP contribution in [0.5, 0.6) is 11.5 Å². The van der Waals surface area contributed by atoms with Crippen LogP contribution in [0.3, 0.4) is 0 Å². The maximum Gasteiger partial charge on any atom is 0.314 e. The van der Waals surface area contributed by atoms with Gasteiger partial charge in [0.1, 0.15) is 11.5 Å². The van der Waals surface area contributed by atoms with Crippen molar-refractivity contribution in [1.29, 1.82) is 5.41 Å². The number of carbonyl (C=O) groups is 1. The second-order valence-electron chi connectivity index (χ2n) is 5.56. The third-order valence-corrected chi connectivity index (χ3v) is 4.18. The second kappa shape index (κ2) is 10.1. The molecule has 1 N–H and O–H groups in total. The molecular formula is C19H23NO6. The summed E-state index contributed by atoms with van der Waals surface area (Å²) in [5, 5.41) is 6.93. The Labute approximate surface area is 152 Å². The Balaban J connectivity index is 2.33. The topological polar surface area (TPSA) is 87.1 Å². The van der Waals surface area contributed by atoms with E-state index >= 15 is 0 Å². The summed E-state index contributed by atoms with van der Waals surface area (Å²) >= 11 is 0. The first-order chi connectivity index (χ1) is 12.7. The van der Waals surface area contributed by atoms with Crippen LogP contribution in [0.25, 0.3) is 0 Å². The zero-order chi connectivity index (χ0) is 18.8. The largest absolute Gasteiger partial charge is 0.466 e. The number of hydrogen-bond acceptors (Lipinski definition) is 7. The summed E-state index contributed by atoms with van der Waals surface area (Å²) in [6.45, 7) is 6.81. The third kappa shape index (κ3) is 4.78. The molecule has 0 bridgehead atoms. The molecule has 1 aliphatic rings. The van der Waals surface area contributed by atoms with Crippen molar-refractivity contribution in [2.75, 3.05) is 13.6 Å². The molecule has 0 radical (unpaired) electrons. The first-order valence-corrected chi connectivity index (χ1v) is 8.25. The van der Waals surface area contributed by atoms with Gasteiger partial charge in [-0.1, -0.05) is 25.6 Å². The highest BCUT2D eigenvalue weighted by Gasteiger charge is 2.38. The second-order valence-corrected chi connectivity index (χ2v) is 5.56. The van der Waals surface area contributed by atoms with E-state index in [0.717, 1.165) is 31.1 Å². The molecular weight excluding hydrogens is 338 g/mol. The van der Waals surface area contributed by atoms with Gasteiger partial charge in [-0.15, -0.1) is 0 Å². The number of ether oxygens (including phenoxy) is 5. The number of carbonyl (C=O) groups excluding carboxylic acids is 1. The van der Waals surface area contributed by atoms with Gasteiger partial charge in [-0.2, -0.15) is 0 Å². The smallest absolute Gasteiger partial charge is 0.314 e. The molecule has 0 unspecified atom stereocenters. The van der Waals surface area contributed by atoms with Gasteiger partial charge in [-0.3, -0.25) is 10.2 Å². The van der Waals surface area contributed by atoms with Gasteiger partial charge in [0, 0.05) is 11.5 Å². The fourth-order valence-corrected chi connectivity index (χ4v) is 3.18. The van der Waals surface area contributed by atoms with Crippen LogP contribution in [0.1, 0.15) is 30.7 Å². The Hall–Kier alpha value is -2.96. The highest BCUT2D eigenvalue weighted by atomic mass is 16.7.